The summed E-state index contributed by atoms with van der Waals surface area (Å²) in [6.07, 6.45) is 2.78. The van der Waals surface area contributed by atoms with Gasteiger partial charge >= 0.3 is 0 Å². The highest BCUT2D eigenvalue weighted by atomic mass is 35.6. The van der Waals surface area contributed by atoms with E-state index in [1.54, 1.807) is 24.3 Å². The van der Waals surface area contributed by atoms with E-state index in [-0.39, 0.29) is 11.5 Å². The predicted octanol–water partition coefficient (Wildman–Crippen LogP) is 5.97. The number of non-ortho nitro benzene ring substituents is 1. The number of anilines is 1. The SMILES string of the molecule is CC.O=C(NC1(Cc2ccc(F)cc2)C=C(CNc2ccc([N+](=O)[O-])cc2)C1)C(Cl)(Cl)Cl. The Morgan fingerprint density at radius 2 is 1.69 bits per heavy atom. The Bertz CT molecular complexity index is 977. The standard InChI is InChI=1S/C20H17Cl3FN3O3.C2H6/c21-20(22,23)18(28)26-19(9-13-1-3-15(24)4-2-13)10-14(11-19)12-25-16-5-7-17(8-6-16)27(29)30;1-2/h1-8,10,25H,9,11-12H2,(H,26,28);1-2H3. The number of amides is 1. The summed E-state index contributed by atoms with van der Waals surface area (Å²) < 4.78 is 11.1. The third-order valence-electron chi connectivity index (χ3n) is 4.67. The highest BCUT2D eigenvalue weighted by Crippen LogP contribution is 2.36. The predicted molar refractivity (Wildman–Crippen MR) is 127 cm³/mol. The van der Waals surface area contributed by atoms with Crippen LogP contribution in [0.2, 0.25) is 0 Å². The van der Waals surface area contributed by atoms with E-state index in [9.17, 15) is 19.3 Å². The lowest BCUT2D eigenvalue weighted by Gasteiger charge is -2.42. The normalized spacial score (nSPS) is 17.2. The summed E-state index contributed by atoms with van der Waals surface area (Å²) in [6.45, 7) is 4.48. The lowest BCUT2D eigenvalue weighted by atomic mass is 9.74. The molecule has 0 saturated heterocycles. The van der Waals surface area contributed by atoms with Crippen molar-refractivity contribution in [2.24, 2.45) is 0 Å². The first-order valence-corrected chi connectivity index (χ1v) is 11.0. The number of hydrogen-bond donors (Lipinski definition) is 2. The Kier molecular flexibility index (Phi) is 8.89. The summed E-state index contributed by atoms with van der Waals surface area (Å²) in [6, 6.07) is 12.0. The molecule has 32 heavy (non-hydrogen) atoms. The second kappa shape index (κ2) is 11.0. The molecule has 0 aliphatic heterocycles. The van der Waals surface area contributed by atoms with Crippen LogP contribution in [0.5, 0.6) is 0 Å². The molecule has 2 N–H and O–H groups in total. The number of nitro groups is 1. The van der Waals surface area contributed by atoms with Crippen LogP contribution in [0, 0.1) is 15.9 Å². The van der Waals surface area contributed by atoms with Gasteiger partial charge in [-0.1, -0.05) is 72.4 Å². The first-order chi connectivity index (χ1) is 15.1. The zero-order valence-electron chi connectivity index (χ0n) is 17.5. The molecule has 1 amide bonds. The molecule has 0 spiro atoms. The van der Waals surface area contributed by atoms with Crippen LogP contribution in [0.25, 0.3) is 0 Å². The fourth-order valence-electron chi connectivity index (χ4n) is 3.30. The van der Waals surface area contributed by atoms with E-state index in [2.05, 4.69) is 10.6 Å². The Labute approximate surface area is 200 Å². The Hall–Kier alpha value is -2.35. The van der Waals surface area contributed by atoms with Crippen LogP contribution in [0.3, 0.4) is 0 Å². The maximum absolute atomic E-state index is 13.2. The van der Waals surface area contributed by atoms with Crippen LogP contribution in [-0.4, -0.2) is 26.7 Å². The van der Waals surface area contributed by atoms with Crippen LogP contribution < -0.4 is 10.6 Å². The number of halogens is 4. The summed E-state index contributed by atoms with van der Waals surface area (Å²) >= 11 is 17.1. The molecule has 1 aliphatic rings. The second-order valence-corrected chi connectivity index (χ2v) is 9.33. The van der Waals surface area contributed by atoms with E-state index < -0.39 is 20.2 Å². The number of nitro benzene ring substituents is 1. The average molecular weight is 503 g/mol. The van der Waals surface area contributed by atoms with Crippen molar-refractivity contribution in [2.75, 3.05) is 11.9 Å². The van der Waals surface area contributed by atoms with Crippen molar-refractivity contribution < 1.29 is 14.1 Å². The Balaban J connectivity index is 0.00000176. The minimum absolute atomic E-state index is 0.0103. The highest BCUT2D eigenvalue weighted by Gasteiger charge is 2.42. The molecule has 1 unspecified atom stereocenters. The van der Waals surface area contributed by atoms with Gasteiger partial charge in [0, 0.05) is 24.4 Å². The minimum Gasteiger partial charge on any atom is -0.381 e. The average Bonchev–Trinajstić information content (AvgIpc) is 2.73. The number of carbonyl (C=O) groups excluding carboxylic acids is 1. The zero-order chi connectivity index (χ0) is 23.9. The first kappa shape index (κ1) is 25.9. The minimum atomic E-state index is -2.10. The first-order valence-electron chi connectivity index (χ1n) is 9.89. The topological polar surface area (TPSA) is 84.3 Å². The van der Waals surface area contributed by atoms with Crippen molar-refractivity contribution in [1.29, 1.82) is 0 Å². The van der Waals surface area contributed by atoms with Gasteiger partial charge in [-0.15, -0.1) is 0 Å². The highest BCUT2D eigenvalue weighted by molar-refractivity contribution is 6.76. The van der Waals surface area contributed by atoms with E-state index in [4.69, 9.17) is 34.8 Å². The number of rotatable bonds is 7. The van der Waals surface area contributed by atoms with E-state index in [0.717, 1.165) is 16.8 Å². The van der Waals surface area contributed by atoms with E-state index >= 15 is 0 Å². The zero-order valence-corrected chi connectivity index (χ0v) is 19.8. The van der Waals surface area contributed by atoms with Gasteiger partial charge in [0.15, 0.2) is 0 Å². The summed E-state index contributed by atoms with van der Waals surface area (Å²) in [4.78, 5) is 22.5. The van der Waals surface area contributed by atoms with E-state index in [1.165, 1.54) is 24.3 Å². The van der Waals surface area contributed by atoms with Crippen molar-refractivity contribution in [1.82, 2.24) is 5.32 Å². The Morgan fingerprint density at radius 3 is 2.19 bits per heavy atom. The van der Waals surface area contributed by atoms with Gasteiger partial charge in [0.05, 0.1) is 10.5 Å². The van der Waals surface area contributed by atoms with E-state index in [0.29, 0.717) is 19.4 Å². The maximum Gasteiger partial charge on any atom is 0.272 e. The third-order valence-corrected chi connectivity index (χ3v) is 5.19. The summed E-state index contributed by atoms with van der Waals surface area (Å²) in [5, 5.41) is 16.7. The van der Waals surface area contributed by atoms with Gasteiger partial charge in [-0.3, -0.25) is 14.9 Å². The number of nitrogens with one attached hydrogen (secondary N) is 2. The van der Waals surface area contributed by atoms with Gasteiger partial charge in [-0.05, 0) is 42.7 Å². The Morgan fingerprint density at radius 1 is 1.12 bits per heavy atom. The maximum atomic E-state index is 13.2. The van der Waals surface area contributed by atoms with Crippen molar-refractivity contribution in [3.05, 3.63) is 81.7 Å². The second-order valence-electron chi connectivity index (χ2n) is 7.05. The van der Waals surface area contributed by atoms with Crippen LogP contribution in [-0.2, 0) is 11.2 Å². The summed E-state index contributed by atoms with van der Waals surface area (Å²) in [5.74, 6) is -1.09. The molecule has 2 aromatic carbocycles. The molecule has 172 valence electrons. The third kappa shape index (κ3) is 7.08. The van der Waals surface area contributed by atoms with Crippen molar-refractivity contribution in [3.8, 4) is 0 Å². The van der Waals surface area contributed by atoms with Crippen LogP contribution in [0.15, 0.2) is 60.2 Å². The molecule has 0 fully saturated rings. The molecule has 3 rings (SSSR count). The fourth-order valence-corrected chi connectivity index (χ4v) is 3.44. The van der Waals surface area contributed by atoms with Gasteiger partial charge in [-0.2, -0.15) is 0 Å². The van der Waals surface area contributed by atoms with Crippen molar-refractivity contribution in [2.45, 2.75) is 36.0 Å². The molecule has 0 bridgehead atoms. The quantitative estimate of drug-likeness (QED) is 0.211. The van der Waals surface area contributed by atoms with Gasteiger partial charge in [0.1, 0.15) is 5.82 Å². The van der Waals surface area contributed by atoms with Crippen LogP contribution >= 0.6 is 34.8 Å². The molecule has 1 aliphatic carbocycles. The van der Waals surface area contributed by atoms with Gasteiger partial charge in [0.25, 0.3) is 15.4 Å². The molecule has 10 heteroatoms. The smallest absolute Gasteiger partial charge is 0.272 e. The van der Waals surface area contributed by atoms with Gasteiger partial charge < -0.3 is 10.6 Å². The number of hydrogen-bond acceptors (Lipinski definition) is 4. The van der Waals surface area contributed by atoms with Crippen molar-refractivity contribution >= 4 is 52.1 Å². The molecule has 0 heterocycles. The molecule has 6 nitrogen and oxygen atoms in total. The molecular formula is C22H23Cl3FN3O3. The summed E-state index contributed by atoms with van der Waals surface area (Å²) in [5.41, 5.74) is 1.80. The van der Waals surface area contributed by atoms with Crippen molar-refractivity contribution in [3.63, 3.8) is 0 Å². The summed E-state index contributed by atoms with van der Waals surface area (Å²) in [7, 11) is 0. The monoisotopic (exact) mass is 501 g/mol. The van der Waals surface area contributed by atoms with Gasteiger partial charge in [-0.25, -0.2) is 4.39 Å². The van der Waals surface area contributed by atoms with Gasteiger partial charge in [0.2, 0.25) is 0 Å². The lowest BCUT2D eigenvalue weighted by molar-refractivity contribution is -0.384. The fraction of sp³-hybridized carbons (Fsp3) is 0.318. The number of alkyl halides is 3. The molecule has 1 atom stereocenters. The molecule has 0 radical (unpaired) electrons. The largest absolute Gasteiger partial charge is 0.381 e. The van der Waals surface area contributed by atoms with E-state index in [1.807, 2.05) is 19.9 Å². The van der Waals surface area contributed by atoms with Crippen LogP contribution in [0.4, 0.5) is 15.8 Å². The van der Waals surface area contributed by atoms with Crippen LogP contribution in [0.1, 0.15) is 25.8 Å². The molecule has 0 aromatic heterocycles. The molecular weight excluding hydrogens is 480 g/mol. The number of nitrogens with zero attached hydrogens (tertiary/aromatic N) is 1. The lowest BCUT2D eigenvalue weighted by Crippen LogP contribution is -2.56. The number of benzene rings is 2. The number of carbonyl (C=O) groups is 1. The molecule has 0 saturated carbocycles. The molecule has 2 aromatic rings.